The van der Waals surface area contributed by atoms with Gasteiger partial charge in [0.25, 0.3) is 15.9 Å². The molecule has 1 N–H and O–H groups in total. The van der Waals surface area contributed by atoms with E-state index in [1.54, 1.807) is 25.2 Å². The van der Waals surface area contributed by atoms with Crippen molar-refractivity contribution in [1.82, 2.24) is 0 Å². The van der Waals surface area contributed by atoms with Gasteiger partial charge in [0.1, 0.15) is 10.6 Å². The number of likely N-dealkylation sites (N-methyl/N-ethyl adjacent to an activating group) is 1. The summed E-state index contributed by atoms with van der Waals surface area (Å²) in [5, 5.41) is 0. The van der Waals surface area contributed by atoms with Gasteiger partial charge in [0.2, 0.25) is 0 Å². The number of hydrogen-bond donors (Lipinski definition) is 1. The zero-order valence-corrected chi connectivity index (χ0v) is 17.7. The summed E-state index contributed by atoms with van der Waals surface area (Å²) in [5.74, 6) is 0.218. The molecule has 144 valence electrons. The Morgan fingerprint density at radius 1 is 1.19 bits per heavy atom. The second-order valence-electron chi connectivity index (χ2n) is 6.32. The van der Waals surface area contributed by atoms with Gasteiger partial charge < -0.3 is 9.64 Å². The smallest absolute Gasteiger partial charge is 0.267 e. The van der Waals surface area contributed by atoms with E-state index in [0.717, 1.165) is 12.0 Å². The molecule has 2 aromatic carbocycles. The SMILES string of the molecule is CCc1ccc(NS(=O)(=O)c2cc3c(cc2Br)N(C)C(=O)C(CC)O3)cc1. The average molecular weight is 453 g/mol. The Morgan fingerprint density at radius 3 is 2.44 bits per heavy atom. The van der Waals surface area contributed by atoms with Crippen molar-refractivity contribution in [2.45, 2.75) is 37.7 Å². The number of amides is 1. The van der Waals surface area contributed by atoms with Crippen LogP contribution >= 0.6 is 15.9 Å². The lowest BCUT2D eigenvalue weighted by molar-refractivity contribution is -0.126. The van der Waals surface area contributed by atoms with E-state index in [1.165, 1.54) is 11.0 Å². The molecular weight excluding hydrogens is 432 g/mol. The number of carbonyl (C=O) groups is 1. The van der Waals surface area contributed by atoms with Gasteiger partial charge in [-0.15, -0.1) is 0 Å². The standard InChI is InChI=1S/C19H21BrN2O4S/c1-4-12-6-8-13(9-7-12)21-27(24,25)18-11-17-15(10-14(18)20)22(3)19(23)16(5-2)26-17/h6-11,16,21H,4-5H2,1-3H3. The van der Waals surface area contributed by atoms with E-state index in [-0.39, 0.29) is 10.8 Å². The number of halogens is 1. The first-order valence-electron chi connectivity index (χ1n) is 8.66. The van der Waals surface area contributed by atoms with Gasteiger partial charge in [-0.2, -0.15) is 0 Å². The van der Waals surface area contributed by atoms with Crippen molar-refractivity contribution < 1.29 is 17.9 Å². The highest BCUT2D eigenvalue weighted by Crippen LogP contribution is 2.40. The maximum absolute atomic E-state index is 12.9. The normalized spacial score (nSPS) is 16.7. The molecule has 1 heterocycles. The monoisotopic (exact) mass is 452 g/mol. The van der Waals surface area contributed by atoms with Gasteiger partial charge in [0, 0.05) is 23.3 Å². The second-order valence-corrected chi connectivity index (χ2v) is 8.82. The minimum absolute atomic E-state index is 0.0541. The number of rotatable bonds is 5. The fourth-order valence-corrected chi connectivity index (χ4v) is 5.01. The minimum atomic E-state index is -3.83. The second kappa shape index (κ2) is 7.52. The number of anilines is 2. The molecule has 1 amide bonds. The van der Waals surface area contributed by atoms with Crippen LogP contribution in [0.15, 0.2) is 45.8 Å². The molecule has 0 aromatic heterocycles. The van der Waals surface area contributed by atoms with E-state index in [1.807, 2.05) is 26.0 Å². The molecule has 0 fully saturated rings. The van der Waals surface area contributed by atoms with Crippen LogP contribution in [0.5, 0.6) is 5.75 Å². The molecule has 3 rings (SSSR count). The van der Waals surface area contributed by atoms with Gasteiger partial charge >= 0.3 is 0 Å². The van der Waals surface area contributed by atoms with E-state index in [0.29, 0.717) is 28.0 Å². The Bertz CT molecular complexity index is 974. The van der Waals surface area contributed by atoms with E-state index < -0.39 is 16.1 Å². The molecule has 0 saturated heterocycles. The van der Waals surface area contributed by atoms with Crippen molar-refractivity contribution in [3.8, 4) is 5.75 Å². The van der Waals surface area contributed by atoms with Gasteiger partial charge in [-0.25, -0.2) is 8.42 Å². The third kappa shape index (κ3) is 3.82. The summed E-state index contributed by atoms with van der Waals surface area (Å²) in [4.78, 5) is 13.8. The predicted octanol–water partition coefficient (Wildman–Crippen LogP) is 3.95. The summed E-state index contributed by atoms with van der Waals surface area (Å²) in [5.41, 5.74) is 2.14. The summed E-state index contributed by atoms with van der Waals surface area (Å²) in [6.07, 6.45) is 0.766. The van der Waals surface area contributed by atoms with Crippen LogP contribution in [0.3, 0.4) is 0 Å². The van der Waals surface area contributed by atoms with Gasteiger partial charge in [-0.05, 0) is 52.5 Å². The van der Waals surface area contributed by atoms with Crippen LogP contribution in [0.2, 0.25) is 0 Å². The number of nitrogens with one attached hydrogen (secondary N) is 1. The fraction of sp³-hybridized carbons (Fsp3) is 0.316. The van der Waals surface area contributed by atoms with E-state index in [2.05, 4.69) is 20.7 Å². The third-order valence-electron chi connectivity index (χ3n) is 4.52. The molecular formula is C19H21BrN2O4S. The Kier molecular flexibility index (Phi) is 5.48. The molecule has 0 spiro atoms. The third-order valence-corrected chi connectivity index (χ3v) is 6.86. The van der Waals surface area contributed by atoms with Crippen molar-refractivity contribution in [3.63, 3.8) is 0 Å². The quantitative estimate of drug-likeness (QED) is 0.744. The Hall–Kier alpha value is -2.06. The number of sulfonamides is 1. The van der Waals surface area contributed by atoms with Crippen LogP contribution < -0.4 is 14.4 Å². The lowest BCUT2D eigenvalue weighted by Gasteiger charge is -2.32. The van der Waals surface area contributed by atoms with E-state index in [4.69, 9.17) is 4.74 Å². The lowest BCUT2D eigenvalue weighted by atomic mass is 10.1. The van der Waals surface area contributed by atoms with Crippen molar-refractivity contribution in [1.29, 1.82) is 0 Å². The van der Waals surface area contributed by atoms with Gasteiger partial charge in [-0.1, -0.05) is 26.0 Å². The number of hydrogen-bond acceptors (Lipinski definition) is 4. The van der Waals surface area contributed by atoms with E-state index in [9.17, 15) is 13.2 Å². The minimum Gasteiger partial charge on any atom is -0.478 e. The summed E-state index contributed by atoms with van der Waals surface area (Å²) in [7, 11) is -2.18. The first-order valence-corrected chi connectivity index (χ1v) is 10.9. The Balaban J connectivity index is 1.97. The molecule has 2 aromatic rings. The highest BCUT2D eigenvalue weighted by molar-refractivity contribution is 9.10. The van der Waals surface area contributed by atoms with Crippen molar-refractivity contribution in [2.75, 3.05) is 16.7 Å². The zero-order valence-electron chi connectivity index (χ0n) is 15.3. The highest BCUT2D eigenvalue weighted by atomic mass is 79.9. The highest BCUT2D eigenvalue weighted by Gasteiger charge is 2.33. The molecule has 6 nitrogen and oxygen atoms in total. The topological polar surface area (TPSA) is 75.7 Å². The van der Waals surface area contributed by atoms with Crippen LogP contribution in [-0.2, 0) is 21.2 Å². The van der Waals surface area contributed by atoms with Crippen molar-refractivity contribution >= 4 is 43.2 Å². The molecule has 1 aliphatic rings. The molecule has 1 atom stereocenters. The molecule has 0 bridgehead atoms. The Morgan fingerprint density at radius 2 is 1.85 bits per heavy atom. The van der Waals surface area contributed by atoms with Crippen LogP contribution in [0.4, 0.5) is 11.4 Å². The number of ether oxygens (including phenoxy) is 1. The van der Waals surface area contributed by atoms with Crippen molar-refractivity contribution in [2.24, 2.45) is 0 Å². The molecule has 27 heavy (non-hydrogen) atoms. The largest absolute Gasteiger partial charge is 0.478 e. The molecule has 0 radical (unpaired) electrons. The Labute approximate surface area is 167 Å². The summed E-state index contributed by atoms with van der Waals surface area (Å²) in [6.45, 7) is 3.88. The zero-order chi connectivity index (χ0) is 19.8. The average Bonchev–Trinajstić information content (AvgIpc) is 2.65. The van der Waals surface area contributed by atoms with Crippen LogP contribution in [0, 0.1) is 0 Å². The lowest BCUT2D eigenvalue weighted by Crippen LogP contribution is -2.43. The molecule has 0 saturated carbocycles. The summed E-state index contributed by atoms with van der Waals surface area (Å²) in [6, 6.07) is 10.3. The molecule has 1 aliphatic heterocycles. The number of carbonyl (C=O) groups excluding carboxylic acids is 1. The summed E-state index contributed by atoms with van der Waals surface area (Å²) >= 11 is 3.31. The number of benzene rings is 2. The summed E-state index contributed by atoms with van der Waals surface area (Å²) < 4.78 is 34.4. The van der Waals surface area contributed by atoms with Gasteiger partial charge in [-0.3, -0.25) is 9.52 Å². The van der Waals surface area contributed by atoms with Crippen LogP contribution in [0.1, 0.15) is 25.8 Å². The van der Waals surface area contributed by atoms with E-state index >= 15 is 0 Å². The van der Waals surface area contributed by atoms with Crippen LogP contribution in [0.25, 0.3) is 0 Å². The number of nitrogens with zero attached hydrogens (tertiary/aromatic N) is 1. The first-order chi connectivity index (χ1) is 12.8. The molecule has 8 heteroatoms. The van der Waals surface area contributed by atoms with Gasteiger partial charge in [0.15, 0.2) is 6.10 Å². The van der Waals surface area contributed by atoms with Crippen molar-refractivity contribution in [3.05, 3.63) is 46.4 Å². The maximum atomic E-state index is 12.9. The fourth-order valence-electron chi connectivity index (χ4n) is 2.90. The molecule has 1 unspecified atom stereocenters. The molecule has 0 aliphatic carbocycles. The first kappa shape index (κ1) is 19.7. The number of fused-ring (bicyclic) bond motifs is 1. The number of aryl methyl sites for hydroxylation is 1. The predicted molar refractivity (Wildman–Crippen MR) is 109 cm³/mol. The van der Waals surface area contributed by atoms with Gasteiger partial charge in [0.05, 0.1) is 5.69 Å². The maximum Gasteiger partial charge on any atom is 0.267 e. The van der Waals surface area contributed by atoms with Crippen LogP contribution in [-0.4, -0.2) is 27.5 Å².